The molecule has 58 heavy (non-hydrogen) atoms. The molecule has 2 N–H and O–H groups in total. The van der Waals surface area contributed by atoms with Crippen molar-refractivity contribution in [2.75, 3.05) is 10.6 Å². The summed E-state index contributed by atoms with van der Waals surface area (Å²) in [5.74, 6) is 1.71. The Bertz CT molecular complexity index is 3080. The van der Waals surface area contributed by atoms with Gasteiger partial charge in [0.1, 0.15) is 0 Å². The van der Waals surface area contributed by atoms with E-state index in [0.29, 0.717) is 0 Å². The van der Waals surface area contributed by atoms with Gasteiger partial charge in [0.05, 0.1) is 16.9 Å². The molecule has 0 bridgehead atoms. The molecule has 2 heterocycles. The highest BCUT2D eigenvalue weighted by molar-refractivity contribution is 6.22. The van der Waals surface area contributed by atoms with Crippen molar-refractivity contribution < 1.29 is 4.74 Å². The standard InChI is InChI=1S/C35H24N2O.C19H17N/c1-36-31-21-18-23-10-5-6-13-26(23)34(31)28-15-9-14-27(35(28)36)24-19-20-30-33(22-24)38-32-17-8-7-16-29(32)37(30)25-11-3-2-4-12-25;20-19-9-5-4-8-18(19)14-15-10-12-17(13-11-15)16-6-2-1-3-7-16/h2-22H,1H3;1-13H,14,20H2. The second-order valence-electron chi connectivity index (χ2n) is 14.8. The fraction of sp³-hybridized carbons (Fsp3) is 0.0370. The van der Waals surface area contributed by atoms with Gasteiger partial charge in [-0.15, -0.1) is 0 Å². The second kappa shape index (κ2) is 14.8. The quantitative estimate of drug-likeness (QED) is 0.178. The largest absolute Gasteiger partial charge is 0.453 e. The van der Waals surface area contributed by atoms with Gasteiger partial charge in [0.2, 0.25) is 0 Å². The van der Waals surface area contributed by atoms with Crippen molar-refractivity contribution >= 4 is 55.3 Å². The summed E-state index contributed by atoms with van der Waals surface area (Å²) >= 11 is 0. The van der Waals surface area contributed by atoms with Crippen LogP contribution in [0.2, 0.25) is 0 Å². The molecule has 0 atom stereocenters. The number of nitrogen functional groups attached to an aromatic ring is 1. The Balaban J connectivity index is 0.000000172. The van der Waals surface area contributed by atoms with Crippen molar-refractivity contribution in [3.05, 3.63) is 217 Å². The monoisotopic (exact) mass is 747 g/mol. The fourth-order valence-corrected chi connectivity index (χ4v) is 8.42. The lowest BCUT2D eigenvalue weighted by Gasteiger charge is -2.33. The number of nitrogens with zero attached hydrogens (tertiary/aromatic N) is 2. The minimum atomic E-state index is 0.853. The van der Waals surface area contributed by atoms with Gasteiger partial charge in [-0.1, -0.05) is 158 Å². The normalized spacial score (nSPS) is 11.8. The zero-order valence-corrected chi connectivity index (χ0v) is 32.2. The van der Waals surface area contributed by atoms with Crippen LogP contribution in [0.3, 0.4) is 0 Å². The summed E-state index contributed by atoms with van der Waals surface area (Å²) in [6.07, 6.45) is 0.877. The van der Waals surface area contributed by atoms with Crippen LogP contribution < -0.4 is 15.4 Å². The van der Waals surface area contributed by atoms with Gasteiger partial charge in [-0.05, 0) is 93.5 Å². The van der Waals surface area contributed by atoms with Crippen LogP contribution >= 0.6 is 0 Å². The predicted octanol–water partition coefficient (Wildman–Crippen LogP) is 14.3. The maximum Gasteiger partial charge on any atom is 0.152 e. The summed E-state index contributed by atoms with van der Waals surface area (Å²) in [5.41, 5.74) is 19.8. The molecule has 0 radical (unpaired) electrons. The van der Waals surface area contributed by atoms with E-state index < -0.39 is 0 Å². The number of hydrogen-bond acceptors (Lipinski definition) is 3. The van der Waals surface area contributed by atoms with E-state index in [4.69, 9.17) is 10.5 Å². The number of anilines is 4. The van der Waals surface area contributed by atoms with Crippen LogP contribution in [0.25, 0.3) is 54.8 Å². The van der Waals surface area contributed by atoms with E-state index in [0.717, 1.165) is 46.2 Å². The third-order valence-corrected chi connectivity index (χ3v) is 11.3. The molecule has 0 spiro atoms. The van der Waals surface area contributed by atoms with Crippen LogP contribution in [0.15, 0.2) is 206 Å². The van der Waals surface area contributed by atoms with Crippen LogP contribution in [0.5, 0.6) is 11.5 Å². The van der Waals surface area contributed by atoms with E-state index in [1.165, 1.54) is 60.4 Å². The van der Waals surface area contributed by atoms with Crippen LogP contribution in [0, 0.1) is 0 Å². The minimum Gasteiger partial charge on any atom is -0.453 e. The highest BCUT2D eigenvalue weighted by Gasteiger charge is 2.26. The Morgan fingerprint density at radius 1 is 0.500 bits per heavy atom. The van der Waals surface area contributed by atoms with Crippen molar-refractivity contribution in [1.82, 2.24) is 4.57 Å². The van der Waals surface area contributed by atoms with Gasteiger partial charge in [0.25, 0.3) is 0 Å². The van der Waals surface area contributed by atoms with E-state index in [1.807, 2.05) is 42.5 Å². The van der Waals surface area contributed by atoms with Crippen molar-refractivity contribution in [2.45, 2.75) is 6.42 Å². The molecule has 0 amide bonds. The summed E-state index contributed by atoms with van der Waals surface area (Å²) in [6, 6.07) is 72.2. The first-order chi connectivity index (χ1) is 28.6. The topological polar surface area (TPSA) is 43.4 Å². The average Bonchev–Trinajstić information content (AvgIpc) is 3.59. The molecular formula is C54H41N3O. The lowest BCUT2D eigenvalue weighted by atomic mass is 9.99. The van der Waals surface area contributed by atoms with Crippen LogP contribution in [0.1, 0.15) is 11.1 Å². The SMILES string of the molecule is Cn1c2ccc3ccccc3c2c2cccc(-c3ccc4c(c3)Oc3ccccc3N4c3ccccc3)c21.Nc1ccccc1Cc1ccc(-c2ccccc2)cc1. The van der Waals surface area contributed by atoms with E-state index >= 15 is 0 Å². The Morgan fingerprint density at radius 3 is 1.98 bits per heavy atom. The lowest BCUT2D eigenvalue weighted by Crippen LogP contribution is -2.15. The Kier molecular flexibility index (Phi) is 8.92. The third-order valence-electron chi connectivity index (χ3n) is 11.3. The molecule has 11 rings (SSSR count). The molecule has 1 aliphatic rings. The number of hydrogen-bond donors (Lipinski definition) is 1. The maximum atomic E-state index is 6.50. The number of ether oxygens (including phenoxy) is 1. The first-order valence-corrected chi connectivity index (χ1v) is 19.7. The summed E-state index contributed by atoms with van der Waals surface area (Å²) < 4.78 is 8.83. The van der Waals surface area contributed by atoms with Crippen molar-refractivity contribution in [2.24, 2.45) is 7.05 Å². The molecule has 0 unspecified atom stereocenters. The predicted molar refractivity (Wildman–Crippen MR) is 244 cm³/mol. The fourth-order valence-electron chi connectivity index (χ4n) is 8.42. The number of para-hydroxylation sites is 5. The molecule has 0 saturated carbocycles. The molecule has 4 nitrogen and oxygen atoms in total. The van der Waals surface area contributed by atoms with Crippen molar-refractivity contribution in [3.63, 3.8) is 0 Å². The molecule has 1 aliphatic heterocycles. The Morgan fingerprint density at radius 2 is 1.16 bits per heavy atom. The molecule has 1 aromatic heterocycles. The molecule has 0 fully saturated rings. The number of fused-ring (bicyclic) bond motifs is 7. The molecule has 4 heteroatoms. The molecule has 9 aromatic carbocycles. The van der Waals surface area contributed by atoms with E-state index in [-0.39, 0.29) is 0 Å². The lowest BCUT2D eigenvalue weighted by molar-refractivity contribution is 0.477. The van der Waals surface area contributed by atoms with Crippen LogP contribution in [-0.2, 0) is 13.5 Å². The zero-order valence-electron chi connectivity index (χ0n) is 32.2. The summed E-state index contributed by atoms with van der Waals surface area (Å²) in [5, 5.41) is 5.13. The van der Waals surface area contributed by atoms with Crippen molar-refractivity contribution in [1.29, 1.82) is 0 Å². The number of rotatable bonds is 5. The third kappa shape index (κ3) is 6.31. The maximum absolute atomic E-state index is 6.50. The van der Waals surface area contributed by atoms with E-state index in [9.17, 15) is 0 Å². The molecule has 0 aliphatic carbocycles. The summed E-state index contributed by atoms with van der Waals surface area (Å²) in [7, 11) is 2.17. The highest BCUT2D eigenvalue weighted by atomic mass is 16.5. The summed E-state index contributed by atoms with van der Waals surface area (Å²) in [6.45, 7) is 0. The molecule has 0 saturated heterocycles. The first kappa shape index (κ1) is 34.9. The van der Waals surface area contributed by atoms with Gasteiger partial charge >= 0.3 is 0 Å². The smallest absolute Gasteiger partial charge is 0.152 e. The highest BCUT2D eigenvalue weighted by Crippen LogP contribution is 2.51. The number of benzene rings is 9. The summed E-state index contributed by atoms with van der Waals surface area (Å²) in [4.78, 5) is 2.28. The van der Waals surface area contributed by atoms with Gasteiger partial charge in [-0.3, -0.25) is 0 Å². The van der Waals surface area contributed by atoms with Crippen LogP contribution in [-0.4, -0.2) is 4.57 Å². The van der Waals surface area contributed by atoms with Gasteiger partial charge in [-0.2, -0.15) is 0 Å². The number of nitrogens with two attached hydrogens (primary N) is 1. The molecule has 10 aromatic rings. The van der Waals surface area contributed by atoms with Gasteiger partial charge < -0.3 is 19.9 Å². The van der Waals surface area contributed by atoms with E-state index in [2.05, 4.69) is 180 Å². The van der Waals surface area contributed by atoms with Gasteiger partial charge in [0.15, 0.2) is 11.5 Å². The number of aryl methyl sites for hydroxylation is 1. The Labute approximate surface area is 338 Å². The first-order valence-electron chi connectivity index (χ1n) is 19.7. The van der Waals surface area contributed by atoms with E-state index in [1.54, 1.807) is 0 Å². The number of aromatic nitrogens is 1. The van der Waals surface area contributed by atoms with Gasteiger partial charge in [-0.25, -0.2) is 0 Å². The Hall–Kier alpha value is -7.56. The van der Waals surface area contributed by atoms with Crippen LogP contribution in [0.4, 0.5) is 22.7 Å². The average molecular weight is 748 g/mol. The zero-order chi connectivity index (χ0) is 39.0. The second-order valence-corrected chi connectivity index (χ2v) is 14.8. The van der Waals surface area contributed by atoms with Gasteiger partial charge in [0, 0.05) is 40.3 Å². The molecule has 278 valence electrons. The molecular weight excluding hydrogens is 707 g/mol. The van der Waals surface area contributed by atoms with Crippen molar-refractivity contribution in [3.8, 4) is 33.8 Å². The minimum absolute atomic E-state index is 0.853.